The number of benzene rings is 1. The first-order chi connectivity index (χ1) is 10.1. The van der Waals surface area contributed by atoms with Crippen molar-refractivity contribution in [3.05, 3.63) is 40.3 Å². The van der Waals surface area contributed by atoms with Crippen LogP contribution in [0, 0.1) is 12.8 Å². The van der Waals surface area contributed by atoms with Gasteiger partial charge in [-0.3, -0.25) is 0 Å². The molecule has 0 aliphatic carbocycles. The second-order valence-electron chi connectivity index (χ2n) is 5.78. The van der Waals surface area contributed by atoms with Crippen LogP contribution in [0.5, 0.6) is 0 Å². The van der Waals surface area contributed by atoms with Crippen LogP contribution >= 0.6 is 15.9 Å². The summed E-state index contributed by atoms with van der Waals surface area (Å²) in [7, 11) is 0. The quantitative estimate of drug-likeness (QED) is 0.742. The fourth-order valence-corrected chi connectivity index (χ4v) is 2.44. The van der Waals surface area contributed by atoms with E-state index in [0.29, 0.717) is 5.92 Å². The molecule has 4 heteroatoms. The van der Waals surface area contributed by atoms with Crippen LogP contribution in [0.1, 0.15) is 31.7 Å². The number of hydrogen-bond acceptors (Lipinski definition) is 3. The Kier molecular flexibility index (Phi) is 6.00. The van der Waals surface area contributed by atoms with Crippen molar-refractivity contribution in [3.63, 3.8) is 0 Å². The average Bonchev–Trinajstić information content (AvgIpc) is 2.90. The summed E-state index contributed by atoms with van der Waals surface area (Å²) in [4.78, 5) is 4.37. The number of nitrogens with zero attached hydrogens (tertiary/aromatic N) is 1. The maximum atomic E-state index is 5.83. The molecule has 0 radical (unpaired) electrons. The van der Waals surface area contributed by atoms with Crippen molar-refractivity contribution in [2.24, 2.45) is 5.92 Å². The number of hydrogen-bond donors (Lipinski definition) is 1. The van der Waals surface area contributed by atoms with Crippen molar-refractivity contribution in [2.75, 3.05) is 13.1 Å². The Balaban J connectivity index is 1.87. The lowest BCUT2D eigenvalue weighted by atomic mass is 10.1. The molecule has 0 fully saturated rings. The van der Waals surface area contributed by atoms with Gasteiger partial charge in [0.15, 0.2) is 11.7 Å². The van der Waals surface area contributed by atoms with Crippen LogP contribution in [0.25, 0.3) is 11.3 Å². The van der Waals surface area contributed by atoms with Crippen molar-refractivity contribution < 1.29 is 4.42 Å². The van der Waals surface area contributed by atoms with Crippen molar-refractivity contribution in [3.8, 4) is 11.3 Å². The van der Waals surface area contributed by atoms with E-state index in [9.17, 15) is 0 Å². The van der Waals surface area contributed by atoms with E-state index < -0.39 is 0 Å². The molecule has 2 aromatic rings. The Morgan fingerprint density at radius 3 is 2.86 bits per heavy atom. The van der Waals surface area contributed by atoms with Crippen LogP contribution in [0.4, 0.5) is 0 Å². The Labute approximate surface area is 135 Å². The Morgan fingerprint density at radius 2 is 2.14 bits per heavy atom. The third kappa shape index (κ3) is 4.97. The topological polar surface area (TPSA) is 38.1 Å². The SMILES string of the molecule is Cc1ccc(-c2cnc(CCCNCC(C)C)o2)cc1Br. The standard InChI is InChI=1S/C17H23BrN2O/c1-12(2)10-19-8-4-5-17-20-11-16(21-17)14-7-6-13(3)15(18)9-14/h6-7,9,11-12,19H,4-5,8,10H2,1-3H3. The number of aryl methyl sites for hydroxylation is 2. The second-order valence-corrected chi connectivity index (χ2v) is 6.64. The van der Waals surface area contributed by atoms with Crippen molar-refractivity contribution >= 4 is 15.9 Å². The molecule has 0 bridgehead atoms. The molecule has 3 nitrogen and oxygen atoms in total. The number of oxazole rings is 1. The first-order valence-corrected chi connectivity index (χ1v) is 8.27. The summed E-state index contributed by atoms with van der Waals surface area (Å²) in [5, 5.41) is 3.43. The molecule has 1 N–H and O–H groups in total. The molecular weight excluding hydrogens is 328 g/mol. The van der Waals surface area contributed by atoms with Gasteiger partial charge in [0.1, 0.15) is 0 Å². The zero-order valence-corrected chi connectivity index (χ0v) is 14.5. The molecule has 1 aromatic heterocycles. The smallest absolute Gasteiger partial charge is 0.194 e. The van der Waals surface area contributed by atoms with Crippen molar-refractivity contribution in [1.29, 1.82) is 0 Å². The fraction of sp³-hybridized carbons (Fsp3) is 0.471. The predicted octanol–water partition coefficient (Wildman–Crippen LogP) is 4.59. The molecular formula is C17H23BrN2O. The average molecular weight is 351 g/mol. The van der Waals surface area contributed by atoms with E-state index in [1.807, 2.05) is 6.20 Å². The number of rotatable bonds is 7. The summed E-state index contributed by atoms with van der Waals surface area (Å²) in [6.07, 6.45) is 3.73. The van der Waals surface area contributed by atoms with Gasteiger partial charge in [-0.25, -0.2) is 4.98 Å². The van der Waals surface area contributed by atoms with Gasteiger partial charge in [-0.05, 0) is 44.0 Å². The van der Waals surface area contributed by atoms with Crippen LogP contribution in [0.3, 0.4) is 0 Å². The van der Waals surface area contributed by atoms with Crippen LogP contribution < -0.4 is 5.32 Å². The molecule has 0 amide bonds. The third-order valence-electron chi connectivity index (χ3n) is 3.31. The summed E-state index contributed by atoms with van der Waals surface area (Å²) < 4.78 is 6.93. The molecule has 0 saturated heterocycles. The maximum absolute atomic E-state index is 5.83. The first kappa shape index (κ1) is 16.2. The summed E-state index contributed by atoms with van der Waals surface area (Å²) in [5.74, 6) is 2.34. The molecule has 1 heterocycles. The molecule has 0 aliphatic heterocycles. The van der Waals surface area contributed by atoms with Gasteiger partial charge in [0.05, 0.1) is 6.20 Å². The Hall–Kier alpha value is -1.13. The molecule has 21 heavy (non-hydrogen) atoms. The van der Waals surface area contributed by atoms with Gasteiger partial charge in [-0.15, -0.1) is 0 Å². The van der Waals surface area contributed by atoms with Gasteiger partial charge in [-0.1, -0.05) is 41.9 Å². The monoisotopic (exact) mass is 350 g/mol. The number of nitrogens with one attached hydrogen (secondary N) is 1. The predicted molar refractivity (Wildman–Crippen MR) is 90.4 cm³/mol. The summed E-state index contributed by atoms with van der Waals surface area (Å²) >= 11 is 3.55. The lowest BCUT2D eigenvalue weighted by molar-refractivity contribution is 0.483. The highest BCUT2D eigenvalue weighted by Gasteiger charge is 2.07. The molecule has 2 rings (SSSR count). The number of aromatic nitrogens is 1. The van der Waals surface area contributed by atoms with E-state index in [2.05, 4.69) is 65.2 Å². The fourth-order valence-electron chi connectivity index (χ4n) is 2.06. The van der Waals surface area contributed by atoms with E-state index >= 15 is 0 Å². The summed E-state index contributed by atoms with van der Waals surface area (Å²) in [6, 6.07) is 6.22. The van der Waals surface area contributed by atoms with Gasteiger partial charge in [0.25, 0.3) is 0 Å². The lowest BCUT2D eigenvalue weighted by Gasteiger charge is -2.05. The van der Waals surface area contributed by atoms with Crippen LogP contribution in [-0.4, -0.2) is 18.1 Å². The minimum absolute atomic E-state index is 0.693. The van der Waals surface area contributed by atoms with Crippen LogP contribution in [0.2, 0.25) is 0 Å². The second kappa shape index (κ2) is 7.76. The molecule has 114 valence electrons. The highest BCUT2D eigenvalue weighted by atomic mass is 79.9. The van der Waals surface area contributed by atoms with Gasteiger partial charge < -0.3 is 9.73 Å². The zero-order chi connectivity index (χ0) is 15.2. The Morgan fingerprint density at radius 1 is 1.33 bits per heavy atom. The number of halogens is 1. The van der Waals surface area contributed by atoms with Crippen LogP contribution in [-0.2, 0) is 6.42 Å². The molecule has 0 unspecified atom stereocenters. The van der Waals surface area contributed by atoms with E-state index in [4.69, 9.17) is 4.42 Å². The zero-order valence-electron chi connectivity index (χ0n) is 12.9. The van der Waals surface area contributed by atoms with Gasteiger partial charge in [0.2, 0.25) is 0 Å². The lowest BCUT2D eigenvalue weighted by Crippen LogP contribution is -2.21. The van der Waals surface area contributed by atoms with Crippen LogP contribution in [0.15, 0.2) is 33.3 Å². The molecule has 0 aliphatic rings. The van der Waals surface area contributed by atoms with Crippen molar-refractivity contribution in [2.45, 2.75) is 33.6 Å². The minimum atomic E-state index is 0.693. The van der Waals surface area contributed by atoms with E-state index in [1.54, 1.807) is 0 Å². The minimum Gasteiger partial charge on any atom is -0.441 e. The molecule has 0 atom stereocenters. The van der Waals surface area contributed by atoms with Crippen molar-refractivity contribution in [1.82, 2.24) is 10.3 Å². The first-order valence-electron chi connectivity index (χ1n) is 7.48. The van der Waals surface area contributed by atoms with Gasteiger partial charge in [-0.2, -0.15) is 0 Å². The highest BCUT2D eigenvalue weighted by molar-refractivity contribution is 9.10. The molecule has 0 spiro atoms. The van der Waals surface area contributed by atoms with Gasteiger partial charge >= 0.3 is 0 Å². The largest absolute Gasteiger partial charge is 0.441 e. The Bertz CT molecular complexity index is 578. The maximum Gasteiger partial charge on any atom is 0.194 e. The normalized spacial score (nSPS) is 11.3. The van der Waals surface area contributed by atoms with E-state index in [0.717, 1.165) is 47.6 Å². The summed E-state index contributed by atoms with van der Waals surface area (Å²) in [5.41, 5.74) is 2.28. The summed E-state index contributed by atoms with van der Waals surface area (Å²) in [6.45, 7) is 8.57. The van der Waals surface area contributed by atoms with E-state index in [-0.39, 0.29) is 0 Å². The highest BCUT2D eigenvalue weighted by Crippen LogP contribution is 2.26. The molecule has 0 saturated carbocycles. The van der Waals surface area contributed by atoms with Gasteiger partial charge in [0, 0.05) is 16.5 Å². The van der Waals surface area contributed by atoms with E-state index in [1.165, 1.54) is 5.56 Å². The molecule has 1 aromatic carbocycles. The third-order valence-corrected chi connectivity index (χ3v) is 4.16.